The average Bonchev–Trinajstić information content (AvgIpc) is 3.28. The Kier molecular flexibility index (Phi) is 8.54. The molecule has 8 heteroatoms. The van der Waals surface area contributed by atoms with Gasteiger partial charge in [-0.2, -0.15) is 0 Å². The summed E-state index contributed by atoms with van der Waals surface area (Å²) in [7, 11) is 0. The molecule has 4 aromatic rings. The molecule has 1 atom stereocenters. The number of nitrogens with zero attached hydrogens (tertiary/aromatic N) is 2. The number of amides is 1. The molecule has 0 spiro atoms. The summed E-state index contributed by atoms with van der Waals surface area (Å²) in [6.07, 6.45) is 3.18. The predicted octanol–water partition coefficient (Wildman–Crippen LogP) is 5.78. The zero-order valence-electron chi connectivity index (χ0n) is 22.7. The number of ether oxygens (including phenoxy) is 1. The van der Waals surface area contributed by atoms with Crippen LogP contribution in [0.4, 0.5) is 0 Å². The number of thiophene rings is 1. The lowest BCUT2D eigenvalue weighted by atomic mass is 9.94. The summed E-state index contributed by atoms with van der Waals surface area (Å²) in [6, 6.07) is 20.5. The molecule has 1 aliphatic heterocycles. The number of thioether (sulfide) groups is 1. The number of hydrogen-bond acceptors (Lipinski definition) is 6. The van der Waals surface area contributed by atoms with E-state index in [2.05, 4.69) is 43.4 Å². The lowest BCUT2D eigenvalue weighted by Crippen LogP contribution is -2.34. The number of aromatic nitrogens is 2. The molecule has 1 aliphatic rings. The van der Waals surface area contributed by atoms with Crippen LogP contribution in [-0.4, -0.2) is 32.9 Å². The molecular weight excluding hydrogens is 526 g/mol. The molecule has 0 aliphatic carbocycles. The minimum Gasteiger partial charge on any atom is -0.370 e. The van der Waals surface area contributed by atoms with Crippen molar-refractivity contribution < 1.29 is 9.53 Å². The summed E-state index contributed by atoms with van der Waals surface area (Å²) < 4.78 is 7.77. The first-order chi connectivity index (χ1) is 18.8. The number of nitrogens with one attached hydrogen (secondary N) is 1. The maximum absolute atomic E-state index is 13.9. The summed E-state index contributed by atoms with van der Waals surface area (Å²) in [5.74, 6) is 0.158. The Morgan fingerprint density at radius 2 is 1.77 bits per heavy atom. The maximum Gasteiger partial charge on any atom is 0.263 e. The van der Waals surface area contributed by atoms with Crippen LogP contribution >= 0.6 is 23.1 Å². The van der Waals surface area contributed by atoms with Gasteiger partial charge in [0.25, 0.3) is 5.56 Å². The van der Waals surface area contributed by atoms with Crippen molar-refractivity contribution in [2.24, 2.45) is 0 Å². The summed E-state index contributed by atoms with van der Waals surface area (Å²) in [4.78, 5) is 33.5. The fraction of sp³-hybridized carbons (Fsp3) is 0.387. The Hall–Kier alpha value is -2.94. The smallest absolute Gasteiger partial charge is 0.263 e. The van der Waals surface area contributed by atoms with Crippen LogP contribution in [0.2, 0.25) is 0 Å². The lowest BCUT2D eigenvalue weighted by molar-refractivity contribution is -0.119. The second-order valence-corrected chi connectivity index (χ2v) is 12.8. The van der Waals surface area contributed by atoms with Crippen molar-refractivity contribution >= 4 is 39.2 Å². The van der Waals surface area contributed by atoms with E-state index in [1.165, 1.54) is 28.7 Å². The van der Waals surface area contributed by atoms with Crippen molar-refractivity contribution in [1.29, 1.82) is 0 Å². The third kappa shape index (κ3) is 6.80. The van der Waals surface area contributed by atoms with Crippen molar-refractivity contribution in [2.45, 2.75) is 76.4 Å². The van der Waals surface area contributed by atoms with Gasteiger partial charge in [0.15, 0.2) is 5.16 Å². The molecule has 0 bridgehead atoms. The van der Waals surface area contributed by atoms with Gasteiger partial charge in [0.2, 0.25) is 5.91 Å². The molecule has 1 amide bonds. The van der Waals surface area contributed by atoms with E-state index in [1.807, 2.05) is 43.3 Å². The SMILES string of the molecule is C[C@@H](CCc1ccccc1)NC(=O)CSc1nc2sc3c(c2c(=O)n1CCc1ccccc1)CC(C)(C)OC3. The van der Waals surface area contributed by atoms with Crippen LogP contribution in [0.5, 0.6) is 0 Å². The van der Waals surface area contributed by atoms with Crippen LogP contribution in [0.15, 0.2) is 70.6 Å². The first kappa shape index (κ1) is 27.6. The Balaban J connectivity index is 1.34. The van der Waals surface area contributed by atoms with Crippen LogP contribution in [0, 0.1) is 0 Å². The molecular formula is C31H35N3O3S2. The van der Waals surface area contributed by atoms with E-state index in [0.717, 1.165) is 33.7 Å². The molecule has 2 aromatic heterocycles. The van der Waals surface area contributed by atoms with E-state index in [1.54, 1.807) is 4.57 Å². The Morgan fingerprint density at radius 3 is 2.46 bits per heavy atom. The third-order valence-electron chi connectivity index (χ3n) is 7.07. The Bertz CT molecular complexity index is 1500. The molecule has 0 unspecified atom stereocenters. The Morgan fingerprint density at radius 1 is 1.10 bits per heavy atom. The van der Waals surface area contributed by atoms with Crippen LogP contribution < -0.4 is 10.9 Å². The van der Waals surface area contributed by atoms with E-state index >= 15 is 0 Å². The fourth-order valence-corrected chi connectivity index (χ4v) is 6.93. The van der Waals surface area contributed by atoms with Crippen molar-refractivity contribution in [3.63, 3.8) is 0 Å². The van der Waals surface area contributed by atoms with Gasteiger partial charge in [-0.1, -0.05) is 72.4 Å². The zero-order chi connectivity index (χ0) is 27.4. The summed E-state index contributed by atoms with van der Waals surface area (Å²) in [6.45, 7) is 7.16. The van der Waals surface area contributed by atoms with Crippen molar-refractivity contribution in [3.05, 3.63) is 92.6 Å². The van der Waals surface area contributed by atoms with Crippen LogP contribution in [0.3, 0.4) is 0 Å². The molecule has 204 valence electrons. The molecule has 0 radical (unpaired) electrons. The molecule has 0 saturated carbocycles. The van der Waals surface area contributed by atoms with Gasteiger partial charge in [-0.15, -0.1) is 11.3 Å². The highest BCUT2D eigenvalue weighted by molar-refractivity contribution is 7.99. The first-order valence-corrected chi connectivity index (χ1v) is 15.3. The maximum atomic E-state index is 13.9. The molecule has 0 fully saturated rings. The third-order valence-corrected chi connectivity index (χ3v) is 9.15. The highest BCUT2D eigenvalue weighted by Gasteiger charge is 2.31. The monoisotopic (exact) mass is 561 g/mol. The van der Waals surface area contributed by atoms with E-state index in [-0.39, 0.29) is 28.9 Å². The topological polar surface area (TPSA) is 73.2 Å². The van der Waals surface area contributed by atoms with Gasteiger partial charge in [0.1, 0.15) is 4.83 Å². The molecule has 5 rings (SSSR count). The van der Waals surface area contributed by atoms with Gasteiger partial charge >= 0.3 is 0 Å². The second kappa shape index (κ2) is 12.1. The molecule has 6 nitrogen and oxygen atoms in total. The van der Waals surface area contributed by atoms with Gasteiger partial charge in [-0.05, 0) is 56.7 Å². The number of benzene rings is 2. The van der Waals surface area contributed by atoms with Crippen LogP contribution in [-0.2, 0) is 41.9 Å². The van der Waals surface area contributed by atoms with Gasteiger partial charge in [0, 0.05) is 23.9 Å². The highest BCUT2D eigenvalue weighted by Crippen LogP contribution is 2.37. The van der Waals surface area contributed by atoms with E-state index in [9.17, 15) is 9.59 Å². The van der Waals surface area contributed by atoms with Gasteiger partial charge in [-0.25, -0.2) is 4.98 Å². The summed E-state index contributed by atoms with van der Waals surface area (Å²) in [5, 5.41) is 4.41. The quantitative estimate of drug-likeness (QED) is 0.196. The van der Waals surface area contributed by atoms with Gasteiger partial charge < -0.3 is 10.1 Å². The average molecular weight is 562 g/mol. The number of aryl methyl sites for hydroxylation is 2. The van der Waals surface area contributed by atoms with Crippen LogP contribution in [0.1, 0.15) is 48.8 Å². The minimum absolute atomic E-state index is 0.0229. The molecule has 3 heterocycles. The van der Waals surface area contributed by atoms with E-state index in [0.29, 0.717) is 36.5 Å². The van der Waals surface area contributed by atoms with E-state index < -0.39 is 0 Å². The lowest BCUT2D eigenvalue weighted by Gasteiger charge is -2.29. The molecule has 1 N–H and O–H groups in total. The van der Waals surface area contributed by atoms with Crippen molar-refractivity contribution in [2.75, 3.05) is 5.75 Å². The molecule has 0 saturated heterocycles. The van der Waals surface area contributed by atoms with Gasteiger partial charge in [-0.3, -0.25) is 14.2 Å². The van der Waals surface area contributed by atoms with E-state index in [4.69, 9.17) is 9.72 Å². The first-order valence-electron chi connectivity index (χ1n) is 13.5. The van der Waals surface area contributed by atoms with Crippen molar-refractivity contribution in [1.82, 2.24) is 14.9 Å². The predicted molar refractivity (Wildman–Crippen MR) is 160 cm³/mol. The molecule has 39 heavy (non-hydrogen) atoms. The fourth-order valence-electron chi connectivity index (χ4n) is 4.95. The van der Waals surface area contributed by atoms with Crippen LogP contribution in [0.25, 0.3) is 10.2 Å². The standard InChI is InChI=1S/C31H35N3O3S2/c1-21(14-15-22-10-6-4-7-11-22)32-26(35)20-38-30-33-28-27(24-18-31(2,3)37-19-25(24)39-28)29(36)34(30)17-16-23-12-8-5-9-13-23/h4-13,21H,14-20H2,1-3H3,(H,32,35)/t21-/m0/s1. The number of carbonyl (C=O) groups is 1. The number of fused-ring (bicyclic) bond motifs is 3. The Labute approximate surface area is 237 Å². The second-order valence-electron chi connectivity index (χ2n) is 10.8. The zero-order valence-corrected chi connectivity index (χ0v) is 24.4. The largest absolute Gasteiger partial charge is 0.370 e. The highest BCUT2D eigenvalue weighted by atomic mass is 32.2. The number of rotatable bonds is 10. The number of carbonyl (C=O) groups excluding carboxylic acids is 1. The molecule has 2 aromatic carbocycles. The number of hydrogen-bond donors (Lipinski definition) is 1. The summed E-state index contributed by atoms with van der Waals surface area (Å²) in [5.41, 5.74) is 3.15. The summed E-state index contributed by atoms with van der Waals surface area (Å²) >= 11 is 2.87. The normalized spacial score (nSPS) is 15.2. The minimum atomic E-state index is -0.314. The van der Waals surface area contributed by atoms with Gasteiger partial charge in [0.05, 0.1) is 23.3 Å². The van der Waals surface area contributed by atoms with Crippen molar-refractivity contribution in [3.8, 4) is 0 Å².